The van der Waals surface area contributed by atoms with Crippen molar-refractivity contribution in [2.24, 2.45) is 0 Å². The third-order valence-corrected chi connectivity index (χ3v) is 3.32. The summed E-state index contributed by atoms with van der Waals surface area (Å²) in [5.74, 6) is -0.164. The molecule has 0 spiro atoms. The van der Waals surface area contributed by atoms with Gasteiger partial charge in [-0.15, -0.1) is 0 Å². The van der Waals surface area contributed by atoms with Crippen molar-refractivity contribution in [3.63, 3.8) is 0 Å². The summed E-state index contributed by atoms with van der Waals surface area (Å²) in [5.41, 5.74) is -0.624. The van der Waals surface area contributed by atoms with Gasteiger partial charge in [0, 0.05) is 12.6 Å². The molecule has 4 nitrogen and oxygen atoms in total. The van der Waals surface area contributed by atoms with Crippen molar-refractivity contribution in [3.8, 4) is 0 Å². The van der Waals surface area contributed by atoms with E-state index in [1.807, 2.05) is 20.8 Å². The highest BCUT2D eigenvalue weighted by atomic mass is 16.5. The lowest BCUT2D eigenvalue weighted by molar-refractivity contribution is -0.151. The van der Waals surface area contributed by atoms with E-state index in [-0.39, 0.29) is 5.97 Å². The fourth-order valence-corrected chi connectivity index (χ4v) is 2.17. The summed E-state index contributed by atoms with van der Waals surface area (Å²) < 4.78 is 5.17. The highest BCUT2D eigenvalue weighted by Gasteiger charge is 2.35. The fourth-order valence-electron chi connectivity index (χ4n) is 2.17. The second-order valence-corrected chi connectivity index (χ2v) is 5.14. The summed E-state index contributed by atoms with van der Waals surface area (Å²) in [7, 11) is 2.06. The molecule has 0 saturated carbocycles. The van der Waals surface area contributed by atoms with Gasteiger partial charge in [0.2, 0.25) is 0 Å². The molecule has 0 fully saturated rings. The first-order valence-corrected chi connectivity index (χ1v) is 7.03. The molecule has 0 aliphatic carbocycles. The Kier molecular flexibility index (Phi) is 8.20. The Morgan fingerprint density at radius 2 is 2.00 bits per heavy atom. The standard InChI is InChI=1S/C14H30N2O2/c1-7-10-12(4)16(6)11-14(5,15-8-2)13(17)18-9-3/h12,15H,7-11H2,1-6H3. The van der Waals surface area contributed by atoms with Crippen LogP contribution in [0.4, 0.5) is 0 Å². The van der Waals surface area contributed by atoms with Crippen LogP contribution >= 0.6 is 0 Å². The molecule has 2 unspecified atom stereocenters. The Morgan fingerprint density at radius 3 is 2.44 bits per heavy atom. The van der Waals surface area contributed by atoms with Crippen LogP contribution < -0.4 is 5.32 Å². The molecular weight excluding hydrogens is 228 g/mol. The van der Waals surface area contributed by atoms with Gasteiger partial charge in [0.25, 0.3) is 0 Å². The van der Waals surface area contributed by atoms with Crippen molar-refractivity contribution in [3.05, 3.63) is 0 Å². The van der Waals surface area contributed by atoms with Crippen LogP contribution in [-0.4, -0.2) is 49.2 Å². The lowest BCUT2D eigenvalue weighted by Gasteiger charge is -2.35. The summed E-state index contributed by atoms with van der Waals surface area (Å²) in [6.45, 7) is 12.0. The van der Waals surface area contributed by atoms with Crippen LogP contribution in [0.15, 0.2) is 0 Å². The monoisotopic (exact) mass is 258 g/mol. The molecule has 0 aromatic heterocycles. The van der Waals surface area contributed by atoms with Crippen molar-refractivity contribution < 1.29 is 9.53 Å². The molecule has 108 valence electrons. The number of nitrogens with zero attached hydrogens (tertiary/aromatic N) is 1. The first-order valence-electron chi connectivity index (χ1n) is 7.03. The van der Waals surface area contributed by atoms with Crippen LogP contribution in [0.2, 0.25) is 0 Å². The van der Waals surface area contributed by atoms with E-state index in [0.717, 1.165) is 19.4 Å². The van der Waals surface area contributed by atoms with Crippen LogP contribution in [0.1, 0.15) is 47.5 Å². The Balaban J connectivity index is 4.63. The van der Waals surface area contributed by atoms with E-state index in [9.17, 15) is 4.79 Å². The second-order valence-electron chi connectivity index (χ2n) is 5.14. The molecule has 0 aliphatic rings. The van der Waals surface area contributed by atoms with E-state index in [4.69, 9.17) is 4.74 Å². The largest absolute Gasteiger partial charge is 0.465 e. The topological polar surface area (TPSA) is 41.6 Å². The quantitative estimate of drug-likeness (QED) is 0.643. The molecule has 0 rings (SSSR count). The van der Waals surface area contributed by atoms with Crippen molar-refractivity contribution in [2.75, 3.05) is 26.7 Å². The summed E-state index contributed by atoms with van der Waals surface area (Å²) in [6.07, 6.45) is 2.30. The Hall–Kier alpha value is -0.610. The number of likely N-dealkylation sites (N-methyl/N-ethyl adjacent to an activating group) is 2. The maximum absolute atomic E-state index is 12.1. The van der Waals surface area contributed by atoms with E-state index in [2.05, 4.69) is 31.1 Å². The molecule has 4 heteroatoms. The molecular formula is C14H30N2O2. The molecule has 0 amide bonds. The summed E-state index contributed by atoms with van der Waals surface area (Å²) in [6, 6.07) is 0.474. The van der Waals surface area contributed by atoms with Gasteiger partial charge in [0.15, 0.2) is 0 Å². The van der Waals surface area contributed by atoms with Crippen LogP contribution in [0.5, 0.6) is 0 Å². The molecule has 0 saturated heterocycles. The number of carbonyl (C=O) groups excluding carboxylic acids is 1. The van der Waals surface area contributed by atoms with Gasteiger partial charge in [-0.3, -0.25) is 4.79 Å². The predicted molar refractivity (Wildman–Crippen MR) is 75.7 cm³/mol. The van der Waals surface area contributed by atoms with Gasteiger partial charge < -0.3 is 15.0 Å². The second kappa shape index (κ2) is 8.48. The first kappa shape index (κ1) is 17.4. The Bertz CT molecular complexity index is 246. The number of nitrogens with one attached hydrogen (secondary N) is 1. The van der Waals surface area contributed by atoms with Gasteiger partial charge in [-0.1, -0.05) is 20.3 Å². The van der Waals surface area contributed by atoms with E-state index < -0.39 is 5.54 Å². The minimum absolute atomic E-state index is 0.164. The van der Waals surface area contributed by atoms with Gasteiger partial charge in [0.1, 0.15) is 5.54 Å². The zero-order valence-electron chi connectivity index (χ0n) is 12.9. The minimum atomic E-state index is -0.624. The van der Waals surface area contributed by atoms with Crippen LogP contribution in [0.25, 0.3) is 0 Å². The van der Waals surface area contributed by atoms with E-state index in [1.165, 1.54) is 0 Å². The number of carbonyl (C=O) groups is 1. The summed E-state index contributed by atoms with van der Waals surface area (Å²) in [4.78, 5) is 14.3. The highest BCUT2D eigenvalue weighted by molar-refractivity contribution is 5.80. The maximum atomic E-state index is 12.1. The van der Waals surface area contributed by atoms with Crippen molar-refractivity contribution in [1.82, 2.24) is 10.2 Å². The highest BCUT2D eigenvalue weighted by Crippen LogP contribution is 2.13. The van der Waals surface area contributed by atoms with Gasteiger partial charge in [-0.25, -0.2) is 0 Å². The Morgan fingerprint density at radius 1 is 1.39 bits per heavy atom. The molecule has 0 aromatic rings. The number of esters is 1. The minimum Gasteiger partial charge on any atom is -0.465 e. The zero-order chi connectivity index (χ0) is 14.2. The van der Waals surface area contributed by atoms with Gasteiger partial charge >= 0.3 is 5.97 Å². The van der Waals surface area contributed by atoms with E-state index >= 15 is 0 Å². The van der Waals surface area contributed by atoms with Crippen molar-refractivity contribution in [2.45, 2.75) is 59.0 Å². The number of ether oxygens (including phenoxy) is 1. The summed E-state index contributed by atoms with van der Waals surface area (Å²) in [5, 5.41) is 3.26. The molecule has 0 heterocycles. The van der Waals surface area contributed by atoms with Gasteiger partial charge in [-0.05, 0) is 40.8 Å². The molecule has 1 N–H and O–H groups in total. The molecule has 0 bridgehead atoms. The molecule has 2 atom stereocenters. The molecule has 0 aliphatic heterocycles. The predicted octanol–water partition coefficient (Wildman–Crippen LogP) is 2.04. The molecule has 0 radical (unpaired) electrons. The SMILES string of the molecule is CCCC(C)N(C)CC(C)(NCC)C(=O)OCC. The fraction of sp³-hybridized carbons (Fsp3) is 0.929. The number of rotatable bonds is 9. The lowest BCUT2D eigenvalue weighted by Crippen LogP contribution is -2.58. The summed E-state index contributed by atoms with van der Waals surface area (Å²) >= 11 is 0. The lowest BCUT2D eigenvalue weighted by atomic mass is 10.0. The third-order valence-electron chi connectivity index (χ3n) is 3.32. The molecule has 18 heavy (non-hydrogen) atoms. The van der Waals surface area contributed by atoms with E-state index in [0.29, 0.717) is 19.2 Å². The number of hydrogen-bond acceptors (Lipinski definition) is 4. The van der Waals surface area contributed by atoms with E-state index in [1.54, 1.807) is 0 Å². The normalized spacial score (nSPS) is 16.4. The van der Waals surface area contributed by atoms with Crippen LogP contribution in [-0.2, 0) is 9.53 Å². The van der Waals surface area contributed by atoms with Gasteiger partial charge in [0.05, 0.1) is 6.61 Å². The average molecular weight is 258 g/mol. The van der Waals surface area contributed by atoms with Crippen LogP contribution in [0.3, 0.4) is 0 Å². The zero-order valence-corrected chi connectivity index (χ0v) is 12.9. The molecule has 0 aromatic carbocycles. The smallest absolute Gasteiger partial charge is 0.327 e. The van der Waals surface area contributed by atoms with Crippen molar-refractivity contribution >= 4 is 5.97 Å². The van der Waals surface area contributed by atoms with Crippen LogP contribution in [0, 0.1) is 0 Å². The maximum Gasteiger partial charge on any atom is 0.327 e. The Labute approximate surface area is 112 Å². The van der Waals surface area contributed by atoms with Crippen molar-refractivity contribution in [1.29, 1.82) is 0 Å². The number of hydrogen-bond donors (Lipinski definition) is 1. The average Bonchev–Trinajstić information content (AvgIpc) is 2.29. The third kappa shape index (κ3) is 5.36. The van der Waals surface area contributed by atoms with Gasteiger partial charge in [-0.2, -0.15) is 0 Å². The first-order chi connectivity index (χ1) is 8.41.